The highest BCUT2D eigenvalue weighted by molar-refractivity contribution is 14.0. The van der Waals surface area contributed by atoms with E-state index in [4.69, 9.17) is 4.74 Å². The van der Waals surface area contributed by atoms with Gasteiger partial charge < -0.3 is 20.3 Å². The third kappa shape index (κ3) is 15.4. The van der Waals surface area contributed by atoms with Gasteiger partial charge in [0.1, 0.15) is 0 Å². The molecule has 0 bridgehead atoms. The molecule has 2 N–H and O–H groups in total. The summed E-state index contributed by atoms with van der Waals surface area (Å²) in [6.07, 6.45) is 2.37. The highest BCUT2D eigenvalue weighted by Gasteiger charge is 2.06. The third-order valence-corrected chi connectivity index (χ3v) is 3.69. The Balaban J connectivity index is 0. The Morgan fingerprint density at radius 3 is 2.33 bits per heavy atom. The maximum Gasteiger partial charge on any atom is 0.191 e. The molecule has 0 saturated carbocycles. The molecule has 1 unspecified atom stereocenters. The average Bonchev–Trinajstić information content (AvgIpc) is 2.51. The zero-order chi connectivity index (χ0) is 17.5. The van der Waals surface area contributed by atoms with Crippen LogP contribution in [0.5, 0.6) is 0 Å². The quantitative estimate of drug-likeness (QED) is 0.193. The van der Waals surface area contributed by atoms with Crippen molar-refractivity contribution in [1.29, 1.82) is 0 Å². The van der Waals surface area contributed by atoms with Crippen molar-refractivity contribution in [2.75, 3.05) is 45.9 Å². The molecule has 0 amide bonds. The fourth-order valence-corrected chi connectivity index (χ4v) is 2.33. The fourth-order valence-electron chi connectivity index (χ4n) is 2.33. The molecule has 0 fully saturated rings. The van der Waals surface area contributed by atoms with E-state index in [1.165, 1.54) is 13.0 Å². The van der Waals surface area contributed by atoms with Gasteiger partial charge in [0.25, 0.3) is 0 Å². The van der Waals surface area contributed by atoms with Crippen LogP contribution in [0.25, 0.3) is 0 Å². The average molecular weight is 456 g/mol. The van der Waals surface area contributed by atoms with Crippen molar-refractivity contribution >= 4 is 29.9 Å². The van der Waals surface area contributed by atoms with Crippen LogP contribution < -0.4 is 10.6 Å². The van der Waals surface area contributed by atoms with Crippen molar-refractivity contribution in [3.05, 3.63) is 0 Å². The van der Waals surface area contributed by atoms with E-state index in [1.54, 1.807) is 0 Å². The summed E-state index contributed by atoms with van der Waals surface area (Å²) < 4.78 is 5.58. The molecule has 0 aliphatic rings. The van der Waals surface area contributed by atoms with Gasteiger partial charge >= 0.3 is 0 Å². The molecule has 0 heterocycles. The summed E-state index contributed by atoms with van der Waals surface area (Å²) in [7, 11) is 0. The molecule has 0 rings (SSSR count). The SMILES string of the molecule is CCNC(=NCCOCC(C)C)NC(C)CCCN(CC)CC.I. The minimum atomic E-state index is 0. The van der Waals surface area contributed by atoms with Gasteiger partial charge in [0.05, 0.1) is 13.2 Å². The zero-order valence-corrected chi connectivity index (χ0v) is 19.1. The van der Waals surface area contributed by atoms with Gasteiger partial charge in [-0.2, -0.15) is 0 Å². The molecule has 0 aromatic carbocycles. The molecule has 0 aliphatic carbocycles. The summed E-state index contributed by atoms with van der Waals surface area (Å²) in [5.74, 6) is 1.48. The van der Waals surface area contributed by atoms with Crippen LogP contribution in [0.15, 0.2) is 4.99 Å². The van der Waals surface area contributed by atoms with Gasteiger partial charge in [-0.3, -0.25) is 4.99 Å². The van der Waals surface area contributed by atoms with E-state index in [1.807, 2.05) is 0 Å². The number of nitrogens with zero attached hydrogens (tertiary/aromatic N) is 2. The molecule has 0 aromatic heterocycles. The van der Waals surface area contributed by atoms with Gasteiger partial charge in [-0.25, -0.2) is 0 Å². The molecule has 0 saturated heterocycles. The molecular weight excluding hydrogens is 415 g/mol. The first kappa shape index (κ1) is 26.2. The van der Waals surface area contributed by atoms with Crippen molar-refractivity contribution < 1.29 is 4.74 Å². The molecule has 1 atom stereocenters. The van der Waals surface area contributed by atoms with Crippen LogP contribution >= 0.6 is 24.0 Å². The molecule has 146 valence electrons. The second kappa shape index (κ2) is 17.7. The smallest absolute Gasteiger partial charge is 0.191 e. The lowest BCUT2D eigenvalue weighted by Gasteiger charge is -2.21. The van der Waals surface area contributed by atoms with Gasteiger partial charge in [0, 0.05) is 19.2 Å². The van der Waals surface area contributed by atoms with Crippen LogP contribution in [0, 0.1) is 5.92 Å². The first-order chi connectivity index (χ1) is 11.0. The van der Waals surface area contributed by atoms with Crippen molar-refractivity contribution in [3.63, 3.8) is 0 Å². The van der Waals surface area contributed by atoms with Gasteiger partial charge in [-0.05, 0) is 52.2 Å². The molecule has 6 heteroatoms. The lowest BCUT2D eigenvalue weighted by atomic mass is 10.2. The lowest BCUT2D eigenvalue weighted by Crippen LogP contribution is -2.42. The maximum atomic E-state index is 5.58. The Bertz CT molecular complexity index is 297. The predicted octanol–water partition coefficient (Wildman–Crippen LogP) is 3.34. The van der Waals surface area contributed by atoms with Gasteiger partial charge in [0.15, 0.2) is 5.96 Å². The standard InChI is InChI=1S/C18H40N4O.HI/c1-7-19-18(20-12-14-23-15-16(4)5)21-17(6)11-10-13-22(8-2)9-3;/h16-17H,7-15H2,1-6H3,(H2,19,20,21);1H. The second-order valence-electron chi connectivity index (χ2n) is 6.44. The number of guanidine groups is 1. The van der Waals surface area contributed by atoms with Crippen molar-refractivity contribution in [2.24, 2.45) is 10.9 Å². The van der Waals surface area contributed by atoms with E-state index < -0.39 is 0 Å². The molecule has 5 nitrogen and oxygen atoms in total. The van der Waals surface area contributed by atoms with Crippen LogP contribution in [-0.4, -0.2) is 62.8 Å². The number of ether oxygens (including phenoxy) is 1. The minimum Gasteiger partial charge on any atom is -0.379 e. The van der Waals surface area contributed by atoms with E-state index in [-0.39, 0.29) is 24.0 Å². The van der Waals surface area contributed by atoms with Gasteiger partial charge in [0.2, 0.25) is 0 Å². The van der Waals surface area contributed by atoms with Gasteiger partial charge in [-0.1, -0.05) is 27.7 Å². The number of hydrogen-bond acceptors (Lipinski definition) is 3. The van der Waals surface area contributed by atoms with Crippen LogP contribution in [0.4, 0.5) is 0 Å². The van der Waals surface area contributed by atoms with Crippen LogP contribution in [-0.2, 0) is 4.74 Å². The normalized spacial score (nSPS) is 13.1. The zero-order valence-electron chi connectivity index (χ0n) is 16.7. The predicted molar refractivity (Wildman–Crippen MR) is 117 cm³/mol. The minimum absolute atomic E-state index is 0. The second-order valence-corrected chi connectivity index (χ2v) is 6.44. The van der Waals surface area contributed by atoms with Crippen molar-refractivity contribution in [3.8, 4) is 0 Å². The van der Waals surface area contributed by atoms with Crippen LogP contribution in [0.1, 0.15) is 54.4 Å². The van der Waals surface area contributed by atoms with E-state index >= 15 is 0 Å². The lowest BCUT2D eigenvalue weighted by molar-refractivity contribution is 0.117. The van der Waals surface area contributed by atoms with E-state index in [9.17, 15) is 0 Å². The Labute approximate surface area is 167 Å². The van der Waals surface area contributed by atoms with Crippen LogP contribution in [0.3, 0.4) is 0 Å². The van der Waals surface area contributed by atoms with E-state index in [0.717, 1.165) is 38.6 Å². The van der Waals surface area contributed by atoms with E-state index in [0.29, 0.717) is 25.1 Å². The Morgan fingerprint density at radius 2 is 1.79 bits per heavy atom. The van der Waals surface area contributed by atoms with E-state index in [2.05, 4.69) is 62.1 Å². The number of rotatable bonds is 13. The summed E-state index contributed by atoms with van der Waals surface area (Å²) in [6, 6.07) is 0.431. The molecule has 0 radical (unpaired) electrons. The molecule has 24 heavy (non-hydrogen) atoms. The van der Waals surface area contributed by atoms with Crippen molar-refractivity contribution in [1.82, 2.24) is 15.5 Å². The number of aliphatic imine (C=N–C) groups is 1. The molecule has 0 aliphatic heterocycles. The highest BCUT2D eigenvalue weighted by atomic mass is 127. The molecule has 0 aromatic rings. The Morgan fingerprint density at radius 1 is 1.12 bits per heavy atom. The Kier molecular flexibility index (Phi) is 19.3. The van der Waals surface area contributed by atoms with Crippen LogP contribution in [0.2, 0.25) is 0 Å². The summed E-state index contributed by atoms with van der Waals surface area (Å²) in [5.41, 5.74) is 0. The first-order valence-corrected chi connectivity index (χ1v) is 9.38. The first-order valence-electron chi connectivity index (χ1n) is 9.38. The summed E-state index contributed by atoms with van der Waals surface area (Å²) in [4.78, 5) is 7.06. The summed E-state index contributed by atoms with van der Waals surface area (Å²) >= 11 is 0. The summed E-state index contributed by atoms with van der Waals surface area (Å²) in [6.45, 7) is 19.6. The third-order valence-electron chi connectivity index (χ3n) is 3.69. The fraction of sp³-hybridized carbons (Fsp3) is 0.944. The number of hydrogen-bond donors (Lipinski definition) is 2. The topological polar surface area (TPSA) is 48.9 Å². The van der Waals surface area contributed by atoms with Gasteiger partial charge in [-0.15, -0.1) is 24.0 Å². The Hall–Kier alpha value is -0.0800. The molecular formula is C18H41IN4O. The summed E-state index contributed by atoms with van der Waals surface area (Å²) in [5, 5.41) is 6.80. The number of halogens is 1. The van der Waals surface area contributed by atoms with Crippen molar-refractivity contribution in [2.45, 2.75) is 60.4 Å². The maximum absolute atomic E-state index is 5.58. The highest BCUT2D eigenvalue weighted by Crippen LogP contribution is 1.99. The number of nitrogens with one attached hydrogen (secondary N) is 2. The monoisotopic (exact) mass is 456 g/mol. The largest absolute Gasteiger partial charge is 0.379 e. The molecule has 0 spiro atoms.